The summed E-state index contributed by atoms with van der Waals surface area (Å²) in [7, 11) is 0. The van der Waals surface area contributed by atoms with Crippen LogP contribution in [0.2, 0.25) is 0 Å². The van der Waals surface area contributed by atoms with Gasteiger partial charge in [0.05, 0.1) is 12.7 Å². The van der Waals surface area contributed by atoms with Gasteiger partial charge in [-0.15, -0.1) is 6.58 Å². The molecule has 3 nitrogen and oxygen atoms in total. The van der Waals surface area contributed by atoms with Crippen LogP contribution in [0.1, 0.15) is 20.3 Å². The summed E-state index contributed by atoms with van der Waals surface area (Å²) in [6.07, 6.45) is 3.48. The van der Waals surface area contributed by atoms with Gasteiger partial charge in [-0.3, -0.25) is 0 Å². The van der Waals surface area contributed by atoms with E-state index in [1.54, 1.807) is 13.0 Å². The molecule has 0 aliphatic carbocycles. The van der Waals surface area contributed by atoms with Crippen molar-refractivity contribution in [3.63, 3.8) is 0 Å². The number of carboxylic acids is 1. The smallest absolute Gasteiger partial charge is 0.328 e. The third-order valence-electron chi connectivity index (χ3n) is 1.65. The second-order valence-corrected chi connectivity index (χ2v) is 2.75. The maximum absolute atomic E-state index is 10.4. The van der Waals surface area contributed by atoms with Crippen molar-refractivity contribution in [3.8, 4) is 0 Å². The van der Waals surface area contributed by atoms with Gasteiger partial charge in [0.25, 0.3) is 0 Å². The molecule has 0 rings (SSSR count). The lowest BCUT2D eigenvalue weighted by Gasteiger charge is -2.14. The first-order chi connectivity index (χ1) is 6.11. The highest BCUT2D eigenvalue weighted by atomic mass is 16.5. The van der Waals surface area contributed by atoms with Crippen molar-refractivity contribution in [2.45, 2.75) is 26.4 Å². The highest BCUT2D eigenvalue weighted by molar-refractivity contribution is 5.80. The quantitative estimate of drug-likeness (QED) is 0.507. The van der Waals surface area contributed by atoms with Crippen molar-refractivity contribution in [2.75, 3.05) is 6.61 Å². The Morgan fingerprint density at radius 1 is 1.69 bits per heavy atom. The monoisotopic (exact) mass is 184 g/mol. The molecule has 0 saturated carbocycles. The van der Waals surface area contributed by atoms with Crippen LogP contribution >= 0.6 is 0 Å². The SMILES string of the molecule is C=CCOC(CC)/C(C)=C/C(=O)O. The first kappa shape index (κ1) is 11.9. The summed E-state index contributed by atoms with van der Waals surface area (Å²) in [5, 5.41) is 8.50. The first-order valence-corrected chi connectivity index (χ1v) is 4.25. The predicted molar refractivity (Wildman–Crippen MR) is 51.6 cm³/mol. The lowest BCUT2D eigenvalue weighted by molar-refractivity contribution is -0.131. The molecule has 0 spiro atoms. The van der Waals surface area contributed by atoms with Crippen LogP contribution in [0.25, 0.3) is 0 Å². The summed E-state index contributed by atoms with van der Waals surface area (Å²) in [4.78, 5) is 10.4. The van der Waals surface area contributed by atoms with Crippen LogP contribution < -0.4 is 0 Å². The van der Waals surface area contributed by atoms with Crippen molar-refractivity contribution in [1.29, 1.82) is 0 Å². The molecule has 74 valence electrons. The third-order valence-corrected chi connectivity index (χ3v) is 1.65. The standard InChI is InChI=1S/C10H16O3/c1-4-6-13-9(5-2)8(3)7-10(11)12/h4,7,9H,1,5-6H2,2-3H3,(H,11,12)/b8-7+. The molecule has 0 aliphatic heterocycles. The zero-order valence-electron chi connectivity index (χ0n) is 8.12. The van der Waals surface area contributed by atoms with Gasteiger partial charge in [-0.2, -0.15) is 0 Å². The summed E-state index contributed by atoms with van der Waals surface area (Å²) < 4.78 is 5.35. The normalized spacial score (nSPS) is 13.8. The molecule has 0 aromatic carbocycles. The number of carboxylic acid groups (broad SMARTS) is 1. The number of hydrogen-bond donors (Lipinski definition) is 1. The van der Waals surface area contributed by atoms with E-state index in [0.717, 1.165) is 12.0 Å². The first-order valence-electron chi connectivity index (χ1n) is 4.25. The average molecular weight is 184 g/mol. The number of hydrogen-bond acceptors (Lipinski definition) is 2. The highest BCUT2D eigenvalue weighted by Crippen LogP contribution is 2.09. The molecule has 0 bridgehead atoms. The van der Waals surface area contributed by atoms with Crippen LogP contribution in [0.5, 0.6) is 0 Å². The third kappa shape index (κ3) is 5.20. The molecule has 1 N–H and O–H groups in total. The molecule has 3 heteroatoms. The minimum Gasteiger partial charge on any atom is -0.478 e. The molecule has 0 heterocycles. The Labute approximate surface area is 78.7 Å². The minimum atomic E-state index is -0.932. The van der Waals surface area contributed by atoms with Gasteiger partial charge in [-0.05, 0) is 18.9 Å². The second kappa shape index (κ2) is 6.43. The summed E-state index contributed by atoms with van der Waals surface area (Å²) in [6, 6.07) is 0. The van der Waals surface area contributed by atoms with Gasteiger partial charge in [0.1, 0.15) is 0 Å². The number of carbonyl (C=O) groups is 1. The molecule has 0 aromatic heterocycles. The molecular weight excluding hydrogens is 168 g/mol. The van der Waals surface area contributed by atoms with Gasteiger partial charge < -0.3 is 9.84 Å². The van der Waals surface area contributed by atoms with E-state index < -0.39 is 5.97 Å². The number of aliphatic carboxylic acids is 1. The van der Waals surface area contributed by atoms with Gasteiger partial charge in [-0.1, -0.05) is 13.0 Å². The predicted octanol–water partition coefficient (Wildman–Crippen LogP) is 2.00. The lowest BCUT2D eigenvalue weighted by Crippen LogP contribution is -2.14. The topological polar surface area (TPSA) is 46.5 Å². The van der Waals surface area contributed by atoms with Crippen molar-refractivity contribution in [3.05, 3.63) is 24.3 Å². The molecule has 13 heavy (non-hydrogen) atoms. The van der Waals surface area contributed by atoms with Crippen LogP contribution in [0.15, 0.2) is 24.3 Å². The molecule has 0 fully saturated rings. The van der Waals surface area contributed by atoms with Gasteiger partial charge in [0.2, 0.25) is 0 Å². The Morgan fingerprint density at radius 3 is 2.69 bits per heavy atom. The maximum atomic E-state index is 10.4. The Kier molecular flexibility index (Phi) is 5.89. The van der Waals surface area contributed by atoms with Crippen molar-refractivity contribution in [1.82, 2.24) is 0 Å². The molecule has 1 atom stereocenters. The Balaban J connectivity index is 4.21. The molecule has 0 aromatic rings. The van der Waals surface area contributed by atoms with Crippen molar-refractivity contribution in [2.24, 2.45) is 0 Å². The Bertz CT molecular complexity index is 206. The molecule has 1 unspecified atom stereocenters. The van der Waals surface area contributed by atoms with Gasteiger partial charge in [-0.25, -0.2) is 4.79 Å². The van der Waals surface area contributed by atoms with E-state index in [1.165, 1.54) is 6.08 Å². The maximum Gasteiger partial charge on any atom is 0.328 e. The fraction of sp³-hybridized carbons (Fsp3) is 0.500. The highest BCUT2D eigenvalue weighted by Gasteiger charge is 2.08. The van der Waals surface area contributed by atoms with Gasteiger partial charge in [0, 0.05) is 6.08 Å². The van der Waals surface area contributed by atoms with Crippen LogP contribution in [0, 0.1) is 0 Å². The molecule has 0 aliphatic rings. The fourth-order valence-electron chi connectivity index (χ4n) is 1.04. The fourth-order valence-corrected chi connectivity index (χ4v) is 1.04. The summed E-state index contributed by atoms with van der Waals surface area (Å²) in [5.41, 5.74) is 0.733. The van der Waals surface area contributed by atoms with Gasteiger partial charge >= 0.3 is 5.97 Å². The Morgan fingerprint density at radius 2 is 2.31 bits per heavy atom. The second-order valence-electron chi connectivity index (χ2n) is 2.75. The molecule has 0 saturated heterocycles. The van der Waals surface area contributed by atoms with Crippen LogP contribution in [0.3, 0.4) is 0 Å². The van der Waals surface area contributed by atoms with E-state index in [1.807, 2.05) is 6.92 Å². The zero-order valence-corrected chi connectivity index (χ0v) is 8.12. The summed E-state index contributed by atoms with van der Waals surface area (Å²) >= 11 is 0. The van der Waals surface area contributed by atoms with E-state index in [4.69, 9.17) is 9.84 Å². The van der Waals surface area contributed by atoms with Crippen molar-refractivity contribution >= 4 is 5.97 Å². The largest absolute Gasteiger partial charge is 0.478 e. The van der Waals surface area contributed by atoms with Crippen LogP contribution in [-0.2, 0) is 9.53 Å². The number of rotatable bonds is 6. The van der Waals surface area contributed by atoms with E-state index in [9.17, 15) is 4.79 Å². The lowest BCUT2D eigenvalue weighted by atomic mass is 10.1. The summed E-state index contributed by atoms with van der Waals surface area (Å²) in [6.45, 7) is 7.68. The van der Waals surface area contributed by atoms with E-state index in [0.29, 0.717) is 6.61 Å². The van der Waals surface area contributed by atoms with E-state index in [-0.39, 0.29) is 6.10 Å². The van der Waals surface area contributed by atoms with E-state index in [2.05, 4.69) is 6.58 Å². The minimum absolute atomic E-state index is 0.117. The average Bonchev–Trinajstić information content (AvgIpc) is 2.04. The molecule has 0 radical (unpaired) electrons. The van der Waals surface area contributed by atoms with E-state index >= 15 is 0 Å². The van der Waals surface area contributed by atoms with Crippen molar-refractivity contribution < 1.29 is 14.6 Å². The molecular formula is C10H16O3. The summed E-state index contributed by atoms with van der Waals surface area (Å²) in [5.74, 6) is -0.932. The number of ether oxygens (including phenoxy) is 1. The molecule has 0 amide bonds. The Hall–Kier alpha value is -1.09. The van der Waals surface area contributed by atoms with Crippen LogP contribution in [-0.4, -0.2) is 23.8 Å². The van der Waals surface area contributed by atoms with Gasteiger partial charge in [0.15, 0.2) is 0 Å². The zero-order chi connectivity index (χ0) is 10.3. The van der Waals surface area contributed by atoms with Crippen LogP contribution in [0.4, 0.5) is 0 Å².